The average Bonchev–Trinajstić information content (AvgIpc) is 3.50. The van der Waals surface area contributed by atoms with Gasteiger partial charge in [-0.2, -0.15) is 5.10 Å². The number of carbonyl (C=O) groups is 3. The first-order valence-electron chi connectivity index (χ1n) is 12.0. The Morgan fingerprint density at radius 2 is 1.77 bits per heavy atom. The molecule has 1 N–H and O–H groups in total. The summed E-state index contributed by atoms with van der Waals surface area (Å²) in [5.41, 5.74) is 2.12. The van der Waals surface area contributed by atoms with Crippen molar-refractivity contribution in [3.63, 3.8) is 0 Å². The second-order valence-electron chi connectivity index (χ2n) is 9.09. The molecule has 39 heavy (non-hydrogen) atoms. The Morgan fingerprint density at radius 3 is 2.46 bits per heavy atom. The van der Waals surface area contributed by atoms with Gasteiger partial charge in [-0.25, -0.2) is 9.18 Å². The molecule has 3 aromatic carbocycles. The zero-order valence-corrected chi connectivity index (χ0v) is 22.0. The van der Waals surface area contributed by atoms with Gasteiger partial charge in [-0.15, -0.1) is 0 Å². The third-order valence-electron chi connectivity index (χ3n) is 6.82. The summed E-state index contributed by atoms with van der Waals surface area (Å²) in [6, 6.07) is 11.7. The van der Waals surface area contributed by atoms with E-state index in [1.807, 2.05) is 0 Å². The van der Waals surface area contributed by atoms with E-state index in [1.165, 1.54) is 44.9 Å². The first-order valence-corrected chi connectivity index (χ1v) is 12.0. The second kappa shape index (κ2) is 9.71. The number of nitrogens with zero attached hydrogens (tertiary/aromatic N) is 3. The maximum Gasteiger partial charge on any atom is 0.338 e. The number of ether oxygens (including phenoxy) is 2. The monoisotopic (exact) mass is 528 g/mol. The first-order chi connectivity index (χ1) is 18.6. The zero-order chi connectivity index (χ0) is 28.0. The number of rotatable bonds is 5. The molecule has 0 spiro atoms. The number of anilines is 1. The van der Waals surface area contributed by atoms with Gasteiger partial charge in [0, 0.05) is 36.5 Å². The summed E-state index contributed by atoms with van der Waals surface area (Å²) in [5.74, 6) is -1.87. The van der Waals surface area contributed by atoms with E-state index in [-0.39, 0.29) is 33.8 Å². The lowest BCUT2D eigenvalue weighted by Crippen LogP contribution is -2.17. The Hall–Kier alpha value is -4.99. The number of fused-ring (bicyclic) bond motifs is 2. The predicted molar refractivity (Wildman–Crippen MR) is 145 cm³/mol. The van der Waals surface area contributed by atoms with E-state index in [4.69, 9.17) is 9.47 Å². The Labute approximate surface area is 222 Å². The molecule has 0 aliphatic carbocycles. The fourth-order valence-electron chi connectivity index (χ4n) is 4.70. The molecule has 5 aromatic rings. The summed E-state index contributed by atoms with van der Waals surface area (Å²) in [5, 5.41) is 8.19. The van der Waals surface area contributed by atoms with Gasteiger partial charge in [0.15, 0.2) is 5.82 Å². The van der Waals surface area contributed by atoms with E-state index in [2.05, 4.69) is 10.4 Å². The van der Waals surface area contributed by atoms with Crippen molar-refractivity contribution in [3.05, 3.63) is 77.4 Å². The van der Waals surface area contributed by atoms with Crippen LogP contribution in [0.4, 0.5) is 10.1 Å². The molecule has 0 aliphatic rings. The largest absolute Gasteiger partial charge is 0.497 e. The highest BCUT2D eigenvalue weighted by molar-refractivity contribution is 6.15. The van der Waals surface area contributed by atoms with Crippen molar-refractivity contribution in [2.75, 3.05) is 19.5 Å². The smallest absolute Gasteiger partial charge is 0.338 e. The molecule has 0 bridgehead atoms. The highest BCUT2D eigenvalue weighted by Crippen LogP contribution is 2.36. The van der Waals surface area contributed by atoms with Gasteiger partial charge in [0.25, 0.3) is 5.91 Å². The number of halogens is 1. The van der Waals surface area contributed by atoms with Crippen molar-refractivity contribution in [1.82, 2.24) is 14.3 Å². The molecule has 2 aromatic heterocycles. The molecule has 0 unspecified atom stereocenters. The number of nitrogens with one attached hydrogen (secondary N) is 1. The molecule has 198 valence electrons. The van der Waals surface area contributed by atoms with E-state index < -0.39 is 17.7 Å². The van der Waals surface area contributed by atoms with Crippen LogP contribution in [0.15, 0.2) is 54.9 Å². The number of hydrogen-bond acceptors (Lipinski definition) is 6. The molecule has 0 radical (unpaired) electrons. The lowest BCUT2D eigenvalue weighted by molar-refractivity contribution is 0.0599. The van der Waals surface area contributed by atoms with Crippen LogP contribution in [-0.4, -0.2) is 46.4 Å². The van der Waals surface area contributed by atoms with E-state index in [0.717, 1.165) is 10.9 Å². The highest BCUT2D eigenvalue weighted by Gasteiger charge is 2.25. The highest BCUT2D eigenvalue weighted by atomic mass is 19.1. The molecular formula is C29H25FN4O5. The molecule has 9 nitrogen and oxygen atoms in total. The van der Waals surface area contributed by atoms with E-state index in [0.29, 0.717) is 22.2 Å². The number of methoxy groups -OCH3 is 2. The van der Waals surface area contributed by atoms with Gasteiger partial charge in [-0.1, -0.05) is 12.1 Å². The van der Waals surface area contributed by atoms with Crippen molar-refractivity contribution in [1.29, 1.82) is 0 Å². The molecule has 0 saturated carbocycles. The van der Waals surface area contributed by atoms with Crippen molar-refractivity contribution in [2.24, 2.45) is 7.05 Å². The van der Waals surface area contributed by atoms with Gasteiger partial charge in [-0.3, -0.25) is 18.8 Å². The van der Waals surface area contributed by atoms with Crippen LogP contribution in [0.3, 0.4) is 0 Å². The number of amides is 1. The van der Waals surface area contributed by atoms with Gasteiger partial charge in [0.2, 0.25) is 5.91 Å². The van der Waals surface area contributed by atoms with Crippen LogP contribution in [0, 0.1) is 12.7 Å². The topological polar surface area (TPSA) is 104 Å². The normalized spacial score (nSPS) is 11.1. The molecule has 5 rings (SSSR count). The van der Waals surface area contributed by atoms with Crippen molar-refractivity contribution in [2.45, 2.75) is 13.8 Å². The van der Waals surface area contributed by atoms with E-state index in [1.54, 1.807) is 54.3 Å². The van der Waals surface area contributed by atoms with Crippen LogP contribution in [0.2, 0.25) is 0 Å². The molecule has 0 atom stereocenters. The Kier molecular flexibility index (Phi) is 6.39. The van der Waals surface area contributed by atoms with Crippen LogP contribution >= 0.6 is 0 Å². The minimum absolute atomic E-state index is 0.0992. The fourth-order valence-corrected chi connectivity index (χ4v) is 4.70. The van der Waals surface area contributed by atoms with Gasteiger partial charge in [0.05, 0.1) is 48.3 Å². The Bertz CT molecular complexity index is 1820. The van der Waals surface area contributed by atoms with Crippen molar-refractivity contribution >= 4 is 45.3 Å². The predicted octanol–water partition coefficient (Wildman–Crippen LogP) is 5.35. The van der Waals surface area contributed by atoms with Crippen LogP contribution < -0.4 is 10.1 Å². The second-order valence-corrected chi connectivity index (χ2v) is 9.09. The summed E-state index contributed by atoms with van der Waals surface area (Å²) in [7, 11) is 4.49. The lowest BCUT2D eigenvalue weighted by Gasteiger charge is -2.16. The summed E-state index contributed by atoms with van der Waals surface area (Å²) in [6.07, 6.45) is 3.10. The van der Waals surface area contributed by atoms with Crippen molar-refractivity contribution in [3.8, 4) is 16.9 Å². The van der Waals surface area contributed by atoms with E-state index >= 15 is 4.39 Å². The number of carbonyl (C=O) groups excluding carboxylic acids is 3. The van der Waals surface area contributed by atoms with Crippen LogP contribution in [0.5, 0.6) is 5.75 Å². The summed E-state index contributed by atoms with van der Waals surface area (Å²) >= 11 is 0. The molecule has 0 aliphatic heterocycles. The number of hydrogen-bond donors (Lipinski definition) is 1. The summed E-state index contributed by atoms with van der Waals surface area (Å²) in [4.78, 5) is 38.5. The maximum absolute atomic E-state index is 16.2. The lowest BCUT2D eigenvalue weighted by atomic mass is 9.96. The fraction of sp³-hybridized carbons (Fsp3) is 0.172. The third kappa shape index (κ3) is 4.29. The van der Waals surface area contributed by atoms with Gasteiger partial charge < -0.3 is 14.8 Å². The van der Waals surface area contributed by atoms with Crippen LogP contribution in [0.25, 0.3) is 32.9 Å². The van der Waals surface area contributed by atoms with Gasteiger partial charge >= 0.3 is 5.97 Å². The minimum Gasteiger partial charge on any atom is -0.497 e. The molecule has 10 heteroatoms. The Morgan fingerprint density at radius 1 is 1.00 bits per heavy atom. The molecule has 1 amide bonds. The molecule has 2 heterocycles. The quantitative estimate of drug-likeness (QED) is 0.309. The number of benzene rings is 3. The maximum atomic E-state index is 16.2. The third-order valence-corrected chi connectivity index (χ3v) is 6.82. The summed E-state index contributed by atoms with van der Waals surface area (Å²) in [6.45, 7) is 2.90. The van der Waals surface area contributed by atoms with Crippen LogP contribution in [0.1, 0.15) is 38.0 Å². The van der Waals surface area contributed by atoms with Gasteiger partial charge in [-0.05, 0) is 48.4 Å². The number of aromatic nitrogens is 3. The standard InChI is InChI=1S/C29H25FN4O5/c1-15-20(29(37)39-5)12-21(17-6-7-18-13-31-33(3)25(18)10-17)26(30)27(15)32-28(36)23-14-34(16(2)35)24-9-8-19(38-4)11-22(23)24/h6-14H,1-5H3,(H,32,36). The number of aryl methyl sites for hydroxylation is 1. The average molecular weight is 529 g/mol. The minimum atomic E-state index is -0.720. The van der Waals surface area contributed by atoms with Gasteiger partial charge in [0.1, 0.15) is 5.75 Å². The first kappa shape index (κ1) is 25.7. The SMILES string of the molecule is COC(=O)c1cc(-c2ccc3cnn(C)c3c2)c(F)c(NC(=O)c2cn(C(C)=O)c3ccc(OC)cc23)c1C. The van der Waals surface area contributed by atoms with Crippen molar-refractivity contribution < 1.29 is 28.2 Å². The van der Waals surface area contributed by atoms with Crippen LogP contribution in [-0.2, 0) is 11.8 Å². The molecule has 0 fully saturated rings. The Balaban J connectivity index is 1.67. The molecule has 0 saturated heterocycles. The van der Waals surface area contributed by atoms with E-state index in [9.17, 15) is 14.4 Å². The summed E-state index contributed by atoms with van der Waals surface area (Å²) < 4.78 is 29.4. The molecular weight excluding hydrogens is 503 g/mol. The number of esters is 1. The zero-order valence-electron chi connectivity index (χ0n) is 22.0.